The molecule has 4 rings (SSSR count). The molecular formula is C28H28N6O6. The van der Waals surface area contributed by atoms with Crippen molar-refractivity contribution in [1.82, 2.24) is 14.9 Å². The fraction of sp³-hybridized carbons (Fsp3) is 0.250. The molecule has 12 heteroatoms. The zero-order chi connectivity index (χ0) is 29.0. The summed E-state index contributed by atoms with van der Waals surface area (Å²) in [4.78, 5) is 59.5. The molecule has 0 spiro atoms. The minimum Gasteiger partial charge on any atom is -0.389 e. The van der Waals surface area contributed by atoms with E-state index in [1.807, 2.05) is 18.2 Å². The average molecular weight is 545 g/mol. The Balaban J connectivity index is 1.51. The van der Waals surface area contributed by atoms with Crippen LogP contribution in [0.5, 0.6) is 0 Å². The largest absolute Gasteiger partial charge is 0.389 e. The monoisotopic (exact) mass is 544 g/mol. The highest BCUT2D eigenvalue weighted by atomic mass is 16.6. The molecule has 0 saturated carbocycles. The van der Waals surface area contributed by atoms with Gasteiger partial charge in [-0.3, -0.25) is 24.7 Å². The Hall–Kier alpha value is -5.13. The number of pyridine rings is 1. The molecule has 2 N–H and O–H groups in total. The fourth-order valence-electron chi connectivity index (χ4n) is 4.19. The number of benzene rings is 2. The van der Waals surface area contributed by atoms with Crippen LogP contribution in [-0.4, -0.2) is 50.7 Å². The average Bonchev–Trinajstić information content (AvgIpc) is 2.93. The van der Waals surface area contributed by atoms with Crippen LogP contribution in [0.1, 0.15) is 35.5 Å². The summed E-state index contributed by atoms with van der Waals surface area (Å²) < 4.78 is 5.41. The van der Waals surface area contributed by atoms with Gasteiger partial charge in [-0.2, -0.15) is 4.98 Å². The van der Waals surface area contributed by atoms with E-state index in [1.54, 1.807) is 51.0 Å². The minimum absolute atomic E-state index is 0.0929. The number of nitrogens with zero attached hydrogens (tertiary/aromatic N) is 4. The van der Waals surface area contributed by atoms with Gasteiger partial charge in [-0.05, 0) is 56.7 Å². The highest BCUT2D eigenvalue weighted by Gasteiger charge is 2.32. The van der Waals surface area contributed by atoms with Crippen LogP contribution >= 0.6 is 0 Å². The number of non-ortho nitro benzene ring substituents is 1. The predicted molar refractivity (Wildman–Crippen MR) is 149 cm³/mol. The van der Waals surface area contributed by atoms with Gasteiger partial charge in [-0.15, -0.1) is 0 Å². The number of amides is 2. The molecule has 0 unspecified atom stereocenters. The van der Waals surface area contributed by atoms with Crippen molar-refractivity contribution in [1.29, 1.82) is 0 Å². The molecular weight excluding hydrogens is 516 g/mol. The Morgan fingerprint density at radius 3 is 2.60 bits per heavy atom. The molecule has 0 atom stereocenters. The van der Waals surface area contributed by atoms with Crippen molar-refractivity contribution in [3.05, 3.63) is 98.1 Å². The second-order valence-electron chi connectivity index (χ2n) is 9.75. The Bertz CT molecular complexity index is 1650. The molecule has 0 aliphatic heterocycles. The van der Waals surface area contributed by atoms with E-state index in [4.69, 9.17) is 4.42 Å². The lowest BCUT2D eigenvalue weighted by atomic mass is 10.0. The van der Waals surface area contributed by atoms with Gasteiger partial charge in [0.05, 0.1) is 15.8 Å². The molecule has 0 aliphatic carbocycles. The lowest BCUT2D eigenvalue weighted by Crippen LogP contribution is -2.49. The van der Waals surface area contributed by atoms with E-state index in [-0.39, 0.29) is 28.6 Å². The first-order chi connectivity index (χ1) is 19.0. The predicted octanol–water partition coefficient (Wildman–Crippen LogP) is 3.94. The molecule has 206 valence electrons. The molecule has 2 amide bonds. The number of carbonyl (C=O) groups excluding carboxylic acids is 2. The van der Waals surface area contributed by atoms with Crippen molar-refractivity contribution >= 4 is 40.1 Å². The number of nitrogens with one attached hydrogen (secondary N) is 2. The van der Waals surface area contributed by atoms with E-state index in [0.717, 1.165) is 5.69 Å². The lowest BCUT2D eigenvalue weighted by Gasteiger charge is -2.30. The fourth-order valence-corrected chi connectivity index (χ4v) is 4.19. The summed E-state index contributed by atoms with van der Waals surface area (Å²) in [6.07, 6.45) is 2.29. The molecule has 0 saturated heterocycles. The number of anilines is 2. The van der Waals surface area contributed by atoms with Gasteiger partial charge in [0.25, 0.3) is 17.6 Å². The van der Waals surface area contributed by atoms with Gasteiger partial charge in [0, 0.05) is 55.3 Å². The van der Waals surface area contributed by atoms with Crippen LogP contribution in [-0.2, 0) is 11.2 Å². The van der Waals surface area contributed by atoms with Gasteiger partial charge < -0.3 is 20.0 Å². The van der Waals surface area contributed by atoms with Crippen LogP contribution < -0.4 is 16.3 Å². The standard InChI is InChI=1S/C28H28N6O6/c1-17-21(30-24(35)18-8-7-10-20(16-18)34(38)39)11-12-22-23(17)25(36)40-27(31-22)32-28(2,3)26(37)33(4)15-13-19-9-5-6-14-29-19/h5-12,14,16H,13,15H2,1-4H3,(H,30,35)(H,31,32). The number of fused-ring (bicyclic) bond motifs is 1. The molecule has 0 bridgehead atoms. The van der Waals surface area contributed by atoms with E-state index in [0.29, 0.717) is 29.7 Å². The number of carbonyl (C=O) groups is 2. The summed E-state index contributed by atoms with van der Waals surface area (Å²) in [5.41, 5.74) is -0.0661. The van der Waals surface area contributed by atoms with Gasteiger partial charge in [-0.1, -0.05) is 12.1 Å². The summed E-state index contributed by atoms with van der Waals surface area (Å²) in [6.45, 7) is 5.40. The van der Waals surface area contributed by atoms with E-state index in [9.17, 15) is 24.5 Å². The zero-order valence-electron chi connectivity index (χ0n) is 22.4. The van der Waals surface area contributed by atoms with E-state index in [2.05, 4.69) is 20.6 Å². The second-order valence-corrected chi connectivity index (χ2v) is 9.75. The number of nitro groups is 1. The Morgan fingerprint density at radius 2 is 1.90 bits per heavy atom. The molecule has 40 heavy (non-hydrogen) atoms. The van der Waals surface area contributed by atoms with Crippen molar-refractivity contribution < 1.29 is 18.9 Å². The summed E-state index contributed by atoms with van der Waals surface area (Å²) in [5, 5.41) is 16.8. The van der Waals surface area contributed by atoms with Crippen molar-refractivity contribution in [2.75, 3.05) is 24.2 Å². The van der Waals surface area contributed by atoms with Crippen LogP contribution in [0.2, 0.25) is 0 Å². The number of aryl methyl sites for hydroxylation is 1. The van der Waals surface area contributed by atoms with Crippen LogP contribution in [0.15, 0.2) is 70.0 Å². The van der Waals surface area contributed by atoms with Crippen LogP contribution in [0.4, 0.5) is 17.4 Å². The maximum absolute atomic E-state index is 13.1. The molecule has 2 aromatic carbocycles. The summed E-state index contributed by atoms with van der Waals surface area (Å²) in [7, 11) is 1.69. The number of nitro benzene ring substituents is 1. The molecule has 2 aromatic heterocycles. The van der Waals surface area contributed by atoms with E-state index in [1.165, 1.54) is 24.3 Å². The smallest absolute Gasteiger partial charge is 0.348 e. The highest BCUT2D eigenvalue weighted by Crippen LogP contribution is 2.25. The zero-order valence-corrected chi connectivity index (χ0v) is 22.4. The lowest BCUT2D eigenvalue weighted by molar-refractivity contribution is -0.384. The number of aromatic nitrogens is 2. The number of hydrogen-bond donors (Lipinski definition) is 2. The first-order valence-corrected chi connectivity index (χ1v) is 12.4. The van der Waals surface area contributed by atoms with Gasteiger partial charge in [-0.25, -0.2) is 4.79 Å². The second kappa shape index (κ2) is 11.3. The molecule has 0 aliphatic rings. The Morgan fingerprint density at radius 1 is 1.12 bits per heavy atom. The summed E-state index contributed by atoms with van der Waals surface area (Å²) in [6, 6.07) is 13.9. The van der Waals surface area contributed by atoms with Crippen molar-refractivity contribution in [3.63, 3.8) is 0 Å². The highest BCUT2D eigenvalue weighted by molar-refractivity contribution is 6.06. The normalized spacial score (nSPS) is 11.2. The third-order valence-electron chi connectivity index (χ3n) is 6.36. The Labute approximate surface area is 229 Å². The van der Waals surface area contributed by atoms with Crippen LogP contribution in [0.3, 0.4) is 0 Å². The van der Waals surface area contributed by atoms with E-state index < -0.39 is 22.0 Å². The molecule has 2 heterocycles. The van der Waals surface area contributed by atoms with Gasteiger partial charge >= 0.3 is 5.63 Å². The number of rotatable bonds is 9. The quantitative estimate of drug-likeness (QED) is 0.235. The third kappa shape index (κ3) is 6.12. The topological polar surface area (TPSA) is 161 Å². The number of hydrogen-bond acceptors (Lipinski definition) is 9. The summed E-state index contributed by atoms with van der Waals surface area (Å²) in [5.74, 6) is -0.808. The Kier molecular flexibility index (Phi) is 7.89. The molecule has 0 radical (unpaired) electrons. The molecule has 12 nitrogen and oxygen atoms in total. The minimum atomic E-state index is -1.14. The summed E-state index contributed by atoms with van der Waals surface area (Å²) >= 11 is 0. The van der Waals surface area contributed by atoms with Crippen LogP contribution in [0.25, 0.3) is 10.9 Å². The first-order valence-electron chi connectivity index (χ1n) is 12.4. The third-order valence-corrected chi connectivity index (χ3v) is 6.36. The van der Waals surface area contributed by atoms with Gasteiger partial charge in [0.2, 0.25) is 5.91 Å². The molecule has 4 aromatic rings. The van der Waals surface area contributed by atoms with Crippen molar-refractivity contribution in [2.45, 2.75) is 32.7 Å². The SMILES string of the molecule is Cc1c(NC(=O)c2cccc([N+](=O)[O-])c2)ccc2nc(NC(C)(C)C(=O)N(C)CCc3ccccn3)oc(=O)c12. The van der Waals surface area contributed by atoms with Crippen molar-refractivity contribution in [3.8, 4) is 0 Å². The van der Waals surface area contributed by atoms with Crippen LogP contribution in [0, 0.1) is 17.0 Å². The van der Waals surface area contributed by atoms with Gasteiger partial charge in [0.1, 0.15) is 5.54 Å². The maximum Gasteiger partial charge on any atom is 0.348 e. The van der Waals surface area contributed by atoms with Crippen molar-refractivity contribution in [2.24, 2.45) is 0 Å². The molecule has 0 fully saturated rings. The maximum atomic E-state index is 13.1. The first kappa shape index (κ1) is 27.9. The van der Waals surface area contributed by atoms with E-state index >= 15 is 0 Å². The number of likely N-dealkylation sites (N-methyl/N-ethyl adjacent to an activating group) is 1. The van der Waals surface area contributed by atoms with Gasteiger partial charge in [0.15, 0.2) is 0 Å².